The molecule has 0 radical (unpaired) electrons. The third-order valence-corrected chi connectivity index (χ3v) is 7.79. The summed E-state index contributed by atoms with van der Waals surface area (Å²) in [5.74, 6) is -0.804. The van der Waals surface area contributed by atoms with Crippen LogP contribution in [0, 0.1) is 0 Å². The van der Waals surface area contributed by atoms with Crippen molar-refractivity contribution >= 4 is 11.8 Å². The van der Waals surface area contributed by atoms with Crippen LogP contribution in [-0.4, -0.2) is 45.3 Å². The Morgan fingerprint density at radius 1 is 0.657 bits per heavy atom. The molecular formula is C29H38N2O4. The van der Waals surface area contributed by atoms with E-state index in [1.54, 1.807) is 0 Å². The Bertz CT molecular complexity index is 887. The molecule has 4 rings (SSSR count). The van der Waals surface area contributed by atoms with Gasteiger partial charge in [-0.15, -0.1) is 0 Å². The molecule has 2 aromatic carbocycles. The highest BCUT2D eigenvalue weighted by Gasteiger charge is 2.42. The molecule has 4 N–H and O–H groups in total. The van der Waals surface area contributed by atoms with Crippen molar-refractivity contribution in [3.63, 3.8) is 0 Å². The van der Waals surface area contributed by atoms with Crippen molar-refractivity contribution in [1.82, 2.24) is 10.6 Å². The van der Waals surface area contributed by atoms with E-state index in [1.807, 2.05) is 60.7 Å². The van der Waals surface area contributed by atoms with E-state index >= 15 is 0 Å². The Morgan fingerprint density at radius 2 is 1.00 bits per heavy atom. The van der Waals surface area contributed by atoms with Gasteiger partial charge < -0.3 is 20.8 Å². The molecule has 6 heteroatoms. The smallest absolute Gasteiger partial charge is 0.229 e. The molecule has 0 bridgehead atoms. The van der Waals surface area contributed by atoms with Crippen LogP contribution >= 0.6 is 0 Å². The second-order valence-corrected chi connectivity index (χ2v) is 10.4. The zero-order chi connectivity index (χ0) is 24.7. The van der Waals surface area contributed by atoms with Crippen LogP contribution in [0.3, 0.4) is 0 Å². The van der Waals surface area contributed by atoms with Gasteiger partial charge in [-0.05, 0) is 49.7 Å². The van der Waals surface area contributed by atoms with Gasteiger partial charge >= 0.3 is 0 Å². The molecule has 2 aliphatic carbocycles. The van der Waals surface area contributed by atoms with Crippen molar-refractivity contribution in [2.75, 3.05) is 0 Å². The molecule has 188 valence electrons. The van der Waals surface area contributed by atoms with Crippen LogP contribution < -0.4 is 10.6 Å². The van der Waals surface area contributed by atoms with Gasteiger partial charge in [0.2, 0.25) is 11.8 Å². The maximum Gasteiger partial charge on any atom is 0.229 e. The van der Waals surface area contributed by atoms with E-state index in [2.05, 4.69) is 10.6 Å². The average molecular weight is 479 g/mol. The van der Waals surface area contributed by atoms with Crippen LogP contribution in [0.15, 0.2) is 60.7 Å². The van der Waals surface area contributed by atoms with E-state index in [1.165, 1.54) is 0 Å². The summed E-state index contributed by atoms with van der Waals surface area (Å²) in [5.41, 5.74) is 0.149. The average Bonchev–Trinajstić information content (AvgIpc) is 3.49. The van der Waals surface area contributed by atoms with Gasteiger partial charge in [-0.2, -0.15) is 0 Å². The third-order valence-electron chi connectivity index (χ3n) is 7.79. The van der Waals surface area contributed by atoms with E-state index < -0.39 is 35.1 Å². The highest BCUT2D eigenvalue weighted by molar-refractivity contribution is 5.97. The molecule has 2 amide bonds. The van der Waals surface area contributed by atoms with E-state index in [0.717, 1.165) is 36.8 Å². The minimum atomic E-state index is -0.961. The number of hydrogen-bond donors (Lipinski definition) is 4. The highest BCUT2D eigenvalue weighted by atomic mass is 16.3. The first-order valence-electron chi connectivity index (χ1n) is 13.0. The van der Waals surface area contributed by atoms with Crippen molar-refractivity contribution in [1.29, 1.82) is 0 Å². The molecule has 35 heavy (non-hydrogen) atoms. The molecule has 0 unspecified atom stereocenters. The third kappa shape index (κ3) is 6.71. The number of nitrogens with one attached hydrogen (secondary N) is 2. The van der Waals surface area contributed by atoms with Gasteiger partial charge in [-0.3, -0.25) is 9.59 Å². The molecule has 2 fully saturated rings. The number of carbonyl (C=O) groups is 2. The monoisotopic (exact) mass is 478 g/mol. The Morgan fingerprint density at radius 3 is 1.34 bits per heavy atom. The summed E-state index contributed by atoms with van der Waals surface area (Å²) >= 11 is 0. The van der Waals surface area contributed by atoms with Crippen LogP contribution in [0.1, 0.15) is 68.9 Å². The fourth-order valence-corrected chi connectivity index (χ4v) is 5.76. The quantitative estimate of drug-likeness (QED) is 0.393. The second kappa shape index (κ2) is 11.4. The summed E-state index contributed by atoms with van der Waals surface area (Å²) in [4.78, 5) is 25.9. The van der Waals surface area contributed by atoms with E-state index in [0.29, 0.717) is 38.5 Å². The maximum absolute atomic E-state index is 12.9. The first-order valence-corrected chi connectivity index (χ1v) is 13.0. The van der Waals surface area contributed by atoms with Gasteiger partial charge in [-0.25, -0.2) is 0 Å². The number of aliphatic hydroxyl groups is 2. The van der Waals surface area contributed by atoms with Crippen LogP contribution in [0.4, 0.5) is 0 Å². The topological polar surface area (TPSA) is 98.7 Å². The number of amides is 2. The summed E-state index contributed by atoms with van der Waals surface area (Å²) in [7, 11) is 0. The number of carbonyl (C=O) groups excluding carboxylic acids is 2. The fourth-order valence-electron chi connectivity index (χ4n) is 5.76. The zero-order valence-corrected chi connectivity index (χ0v) is 20.4. The minimum absolute atomic E-state index is 0.331. The van der Waals surface area contributed by atoms with Gasteiger partial charge in [0.25, 0.3) is 0 Å². The Labute approximate surface area is 208 Å². The molecule has 2 aliphatic rings. The van der Waals surface area contributed by atoms with Crippen LogP contribution in [0.2, 0.25) is 0 Å². The summed E-state index contributed by atoms with van der Waals surface area (Å²) in [6.07, 6.45) is 6.98. The lowest BCUT2D eigenvalue weighted by Crippen LogP contribution is -2.55. The van der Waals surface area contributed by atoms with E-state index in [4.69, 9.17) is 0 Å². The molecular weight excluding hydrogens is 440 g/mol. The Kier molecular flexibility index (Phi) is 8.24. The van der Waals surface area contributed by atoms with E-state index in [9.17, 15) is 19.8 Å². The predicted molar refractivity (Wildman–Crippen MR) is 136 cm³/mol. The van der Waals surface area contributed by atoms with Crippen molar-refractivity contribution in [2.45, 2.75) is 93.9 Å². The lowest BCUT2D eigenvalue weighted by atomic mass is 9.87. The van der Waals surface area contributed by atoms with E-state index in [-0.39, 0.29) is 6.42 Å². The zero-order valence-electron chi connectivity index (χ0n) is 20.4. The van der Waals surface area contributed by atoms with Crippen LogP contribution in [0.5, 0.6) is 0 Å². The minimum Gasteiger partial charge on any atom is -0.388 e. The number of benzene rings is 2. The second-order valence-electron chi connectivity index (χ2n) is 10.4. The molecule has 0 saturated heterocycles. The summed E-state index contributed by atoms with van der Waals surface area (Å²) in [5, 5.41) is 28.4. The van der Waals surface area contributed by atoms with Crippen molar-refractivity contribution < 1.29 is 19.8 Å². The molecule has 2 saturated carbocycles. The summed E-state index contributed by atoms with van der Waals surface area (Å²) in [6.45, 7) is 0. The highest BCUT2D eigenvalue weighted by Crippen LogP contribution is 2.35. The molecule has 2 atom stereocenters. The van der Waals surface area contributed by atoms with Gasteiger partial charge in [0.05, 0.1) is 23.3 Å². The lowest BCUT2D eigenvalue weighted by molar-refractivity contribution is -0.132. The SMILES string of the molecule is O=C(CC(=O)N[C@H](Cc1ccccc1)C1(O)CCCC1)N[C@H](Cc1ccccc1)C1(O)CCCC1. The summed E-state index contributed by atoms with van der Waals surface area (Å²) < 4.78 is 0. The normalized spacial score (nSPS) is 20.2. The van der Waals surface area contributed by atoms with Gasteiger partial charge in [-0.1, -0.05) is 86.3 Å². The standard InChI is InChI=1S/C29H38N2O4/c32-26(30-24(28(34)15-7-8-16-28)19-22-11-3-1-4-12-22)21-27(33)31-25(29(35)17-9-10-18-29)20-23-13-5-2-6-14-23/h1-6,11-14,24-25,34-35H,7-10,15-21H2,(H,30,32)(H,31,33)/t24-,25-/m1/s1. The number of hydrogen-bond acceptors (Lipinski definition) is 4. The van der Waals surface area contributed by atoms with Crippen molar-refractivity contribution in [3.05, 3.63) is 71.8 Å². The first-order chi connectivity index (χ1) is 16.9. The molecule has 0 aromatic heterocycles. The number of rotatable bonds is 10. The van der Waals surface area contributed by atoms with Gasteiger partial charge in [0, 0.05) is 0 Å². The molecule has 2 aromatic rings. The largest absolute Gasteiger partial charge is 0.388 e. The maximum atomic E-state index is 12.9. The predicted octanol–water partition coefficient (Wildman–Crippen LogP) is 3.44. The molecule has 0 aliphatic heterocycles. The molecule has 6 nitrogen and oxygen atoms in total. The first kappa shape index (κ1) is 25.4. The van der Waals surface area contributed by atoms with Gasteiger partial charge in [0.15, 0.2) is 0 Å². The summed E-state index contributed by atoms with van der Waals surface area (Å²) in [6, 6.07) is 18.7. The van der Waals surface area contributed by atoms with Crippen molar-refractivity contribution in [2.24, 2.45) is 0 Å². The fraction of sp³-hybridized carbons (Fsp3) is 0.517. The molecule has 0 spiro atoms. The Hall–Kier alpha value is -2.70. The van der Waals surface area contributed by atoms with Crippen LogP contribution in [0.25, 0.3) is 0 Å². The molecule has 0 heterocycles. The van der Waals surface area contributed by atoms with Crippen LogP contribution in [-0.2, 0) is 22.4 Å². The lowest BCUT2D eigenvalue weighted by Gasteiger charge is -2.34. The van der Waals surface area contributed by atoms with Gasteiger partial charge in [0.1, 0.15) is 6.42 Å². The van der Waals surface area contributed by atoms with Crippen molar-refractivity contribution in [3.8, 4) is 0 Å². The Balaban J connectivity index is 1.40.